The lowest BCUT2D eigenvalue weighted by Crippen LogP contribution is -2.42. The third-order valence-corrected chi connectivity index (χ3v) is 2.92. The molecule has 0 aromatic heterocycles. The van der Waals surface area contributed by atoms with Crippen LogP contribution >= 0.6 is 11.6 Å². The van der Waals surface area contributed by atoms with Gasteiger partial charge in [0.25, 0.3) is 6.43 Å². The number of alkyl halides is 2. The molecule has 3 nitrogen and oxygen atoms in total. The number of rotatable bonds is 2. The van der Waals surface area contributed by atoms with E-state index in [4.69, 9.17) is 21.4 Å². The van der Waals surface area contributed by atoms with Gasteiger partial charge >= 0.3 is 5.97 Å². The van der Waals surface area contributed by atoms with Crippen LogP contribution in [0.5, 0.6) is 5.75 Å². The largest absolute Gasteiger partial charge is 0.483 e. The van der Waals surface area contributed by atoms with Gasteiger partial charge < -0.3 is 9.84 Å². The maximum Gasteiger partial charge on any atom is 0.310 e. The summed E-state index contributed by atoms with van der Waals surface area (Å²) in [4.78, 5) is 10.9. The SMILES string of the molecule is O=C(O)C1Cc2cc(Cl)ccc2OC1C(F)F. The van der Waals surface area contributed by atoms with Crippen molar-refractivity contribution in [2.45, 2.75) is 19.0 Å². The molecule has 0 amide bonds. The number of hydrogen-bond acceptors (Lipinski definition) is 2. The quantitative estimate of drug-likeness (QED) is 0.891. The van der Waals surface area contributed by atoms with E-state index < -0.39 is 24.4 Å². The van der Waals surface area contributed by atoms with Crippen molar-refractivity contribution in [1.82, 2.24) is 0 Å². The summed E-state index contributed by atoms with van der Waals surface area (Å²) in [6.07, 6.45) is -4.44. The van der Waals surface area contributed by atoms with Crippen LogP contribution in [0, 0.1) is 5.92 Å². The summed E-state index contributed by atoms with van der Waals surface area (Å²) < 4.78 is 30.4. The van der Waals surface area contributed by atoms with Gasteiger partial charge in [0.2, 0.25) is 0 Å². The number of aliphatic carboxylic acids is 1. The fourth-order valence-corrected chi connectivity index (χ4v) is 2.05. The lowest BCUT2D eigenvalue weighted by atomic mass is 9.91. The summed E-state index contributed by atoms with van der Waals surface area (Å²) in [6, 6.07) is 4.53. The van der Waals surface area contributed by atoms with Crippen LogP contribution in [0.2, 0.25) is 5.02 Å². The number of ether oxygens (including phenoxy) is 1. The van der Waals surface area contributed by atoms with Gasteiger partial charge in [0.1, 0.15) is 11.7 Å². The van der Waals surface area contributed by atoms with E-state index in [0.29, 0.717) is 10.6 Å². The summed E-state index contributed by atoms with van der Waals surface area (Å²) in [5.41, 5.74) is 0.543. The van der Waals surface area contributed by atoms with Gasteiger partial charge in [-0.15, -0.1) is 0 Å². The number of halogens is 3. The molecule has 2 atom stereocenters. The Morgan fingerprint density at radius 3 is 2.82 bits per heavy atom. The number of carbonyl (C=O) groups is 1. The van der Waals surface area contributed by atoms with Gasteiger partial charge in [-0.1, -0.05) is 11.6 Å². The Kier molecular flexibility index (Phi) is 3.19. The predicted molar refractivity (Wildman–Crippen MR) is 56.7 cm³/mol. The highest BCUT2D eigenvalue weighted by Crippen LogP contribution is 2.34. The molecule has 0 spiro atoms. The first-order valence-electron chi connectivity index (χ1n) is 4.95. The highest BCUT2D eigenvalue weighted by molar-refractivity contribution is 6.30. The molecule has 1 aromatic carbocycles. The van der Waals surface area contributed by atoms with Crippen LogP contribution < -0.4 is 4.74 Å². The maximum atomic E-state index is 12.7. The molecule has 0 bridgehead atoms. The van der Waals surface area contributed by atoms with Crippen LogP contribution in [-0.4, -0.2) is 23.6 Å². The molecular weight excluding hydrogens is 254 g/mol. The first kappa shape index (κ1) is 12.1. The predicted octanol–water partition coefficient (Wildman–Crippen LogP) is 2.61. The normalized spacial score (nSPS) is 23.1. The van der Waals surface area contributed by atoms with Gasteiger partial charge in [0.15, 0.2) is 6.10 Å². The van der Waals surface area contributed by atoms with Crippen LogP contribution in [0.4, 0.5) is 8.78 Å². The standard InChI is InChI=1S/C11H9ClF2O3/c12-6-1-2-8-5(3-6)4-7(11(15)16)9(17-8)10(13)14/h1-3,7,9-10H,4H2,(H,15,16). The lowest BCUT2D eigenvalue weighted by molar-refractivity contribution is -0.150. The molecule has 2 unspecified atom stereocenters. The second-order valence-electron chi connectivity index (χ2n) is 3.82. The number of carboxylic acid groups (broad SMARTS) is 1. The molecule has 0 fully saturated rings. The lowest BCUT2D eigenvalue weighted by Gasteiger charge is -2.30. The monoisotopic (exact) mass is 262 g/mol. The molecule has 2 rings (SSSR count). The van der Waals surface area contributed by atoms with E-state index in [2.05, 4.69) is 0 Å². The number of carboxylic acids is 1. The molecule has 1 aromatic rings. The Balaban J connectivity index is 2.36. The van der Waals surface area contributed by atoms with Gasteiger partial charge in [-0.2, -0.15) is 0 Å². The molecule has 17 heavy (non-hydrogen) atoms. The topological polar surface area (TPSA) is 46.5 Å². The zero-order chi connectivity index (χ0) is 12.6. The van der Waals surface area contributed by atoms with Crippen molar-refractivity contribution >= 4 is 17.6 Å². The molecule has 1 N–H and O–H groups in total. The summed E-state index contributed by atoms with van der Waals surface area (Å²) in [5, 5.41) is 9.33. The van der Waals surface area contributed by atoms with Gasteiger partial charge in [-0.25, -0.2) is 8.78 Å². The molecule has 0 aliphatic carbocycles. The second kappa shape index (κ2) is 4.49. The molecule has 0 saturated heterocycles. The average molecular weight is 263 g/mol. The van der Waals surface area contributed by atoms with Gasteiger partial charge in [0.05, 0.1) is 0 Å². The number of benzene rings is 1. The number of fused-ring (bicyclic) bond motifs is 1. The van der Waals surface area contributed by atoms with Gasteiger partial charge in [0, 0.05) is 5.02 Å². The molecule has 0 radical (unpaired) electrons. The molecule has 1 aliphatic heterocycles. The minimum absolute atomic E-state index is 0.000231. The van der Waals surface area contributed by atoms with E-state index >= 15 is 0 Å². The first-order valence-corrected chi connectivity index (χ1v) is 5.33. The summed E-state index contributed by atoms with van der Waals surface area (Å²) >= 11 is 5.75. The minimum atomic E-state index is -2.83. The molecule has 1 heterocycles. The third kappa shape index (κ3) is 2.34. The molecule has 92 valence electrons. The van der Waals surface area contributed by atoms with Crippen LogP contribution in [0.15, 0.2) is 18.2 Å². The zero-order valence-corrected chi connectivity index (χ0v) is 9.32. The van der Waals surface area contributed by atoms with Crippen LogP contribution in [0.3, 0.4) is 0 Å². The summed E-state index contributed by atoms with van der Waals surface area (Å²) in [7, 11) is 0. The van der Waals surface area contributed by atoms with Gasteiger partial charge in [-0.05, 0) is 30.2 Å². The summed E-state index contributed by atoms with van der Waals surface area (Å²) in [5.74, 6) is -2.26. The smallest absolute Gasteiger partial charge is 0.310 e. The van der Waals surface area contributed by atoms with Crippen LogP contribution in [0.25, 0.3) is 0 Å². The van der Waals surface area contributed by atoms with E-state index in [-0.39, 0.29) is 12.2 Å². The highest BCUT2D eigenvalue weighted by Gasteiger charge is 2.40. The molecule has 1 aliphatic rings. The summed E-state index contributed by atoms with van der Waals surface area (Å²) in [6.45, 7) is 0. The van der Waals surface area contributed by atoms with Crippen molar-refractivity contribution in [3.63, 3.8) is 0 Å². The van der Waals surface area contributed by atoms with Crippen molar-refractivity contribution in [2.75, 3.05) is 0 Å². The molecule has 0 saturated carbocycles. The van der Waals surface area contributed by atoms with E-state index in [0.717, 1.165) is 0 Å². The maximum absolute atomic E-state index is 12.7. The van der Waals surface area contributed by atoms with Crippen molar-refractivity contribution in [1.29, 1.82) is 0 Å². The Morgan fingerprint density at radius 1 is 1.53 bits per heavy atom. The average Bonchev–Trinajstić information content (AvgIpc) is 2.26. The Hall–Kier alpha value is -1.36. The number of hydrogen-bond donors (Lipinski definition) is 1. The minimum Gasteiger partial charge on any atom is -0.483 e. The first-order chi connectivity index (χ1) is 7.99. The van der Waals surface area contributed by atoms with Gasteiger partial charge in [-0.3, -0.25) is 4.79 Å². The second-order valence-corrected chi connectivity index (χ2v) is 4.25. The zero-order valence-electron chi connectivity index (χ0n) is 8.57. The molecular formula is C11H9ClF2O3. The van der Waals surface area contributed by atoms with E-state index in [9.17, 15) is 13.6 Å². The van der Waals surface area contributed by atoms with E-state index in [1.165, 1.54) is 18.2 Å². The van der Waals surface area contributed by atoms with E-state index in [1.807, 2.05) is 0 Å². The Labute approximate surface area is 101 Å². The van der Waals surface area contributed by atoms with Crippen LogP contribution in [0.1, 0.15) is 5.56 Å². The third-order valence-electron chi connectivity index (χ3n) is 2.69. The van der Waals surface area contributed by atoms with Crippen molar-refractivity contribution in [2.24, 2.45) is 5.92 Å². The van der Waals surface area contributed by atoms with Crippen molar-refractivity contribution in [3.8, 4) is 5.75 Å². The van der Waals surface area contributed by atoms with Crippen molar-refractivity contribution < 1.29 is 23.4 Å². The Bertz CT molecular complexity index is 450. The fraction of sp³-hybridized carbons (Fsp3) is 0.364. The fourth-order valence-electron chi connectivity index (χ4n) is 1.86. The highest BCUT2D eigenvalue weighted by atomic mass is 35.5. The van der Waals surface area contributed by atoms with E-state index in [1.54, 1.807) is 0 Å². The molecule has 6 heteroatoms. The van der Waals surface area contributed by atoms with Crippen molar-refractivity contribution in [3.05, 3.63) is 28.8 Å². The van der Waals surface area contributed by atoms with Crippen LogP contribution in [-0.2, 0) is 11.2 Å². The Morgan fingerprint density at radius 2 is 2.24 bits per heavy atom.